The minimum Gasteiger partial charge on any atom is -0.352 e. The SMILES string of the molecule is CCOC(CNS(=O)(=O)c1cn(C)nc1C)OCC. The highest BCUT2D eigenvalue weighted by Gasteiger charge is 2.21. The molecule has 0 aliphatic rings. The predicted molar refractivity (Wildman–Crippen MR) is 70.2 cm³/mol. The van der Waals surface area contributed by atoms with Crippen LogP contribution < -0.4 is 4.72 Å². The van der Waals surface area contributed by atoms with E-state index in [-0.39, 0.29) is 11.4 Å². The maximum absolute atomic E-state index is 12.1. The zero-order chi connectivity index (χ0) is 14.5. The molecule has 0 unspecified atom stereocenters. The Labute approximate surface area is 113 Å². The van der Waals surface area contributed by atoms with Gasteiger partial charge < -0.3 is 9.47 Å². The molecule has 0 spiro atoms. The molecule has 19 heavy (non-hydrogen) atoms. The number of hydrogen-bond acceptors (Lipinski definition) is 5. The fourth-order valence-electron chi connectivity index (χ4n) is 1.63. The summed E-state index contributed by atoms with van der Waals surface area (Å²) in [7, 11) is -1.92. The van der Waals surface area contributed by atoms with Crippen molar-refractivity contribution >= 4 is 10.0 Å². The number of rotatable bonds is 8. The Kier molecular flexibility index (Phi) is 5.92. The van der Waals surface area contributed by atoms with Crippen LogP contribution in [0.2, 0.25) is 0 Å². The van der Waals surface area contributed by atoms with Gasteiger partial charge in [0, 0.05) is 26.5 Å². The normalized spacial score (nSPS) is 12.3. The fraction of sp³-hybridized carbons (Fsp3) is 0.727. The van der Waals surface area contributed by atoms with Crippen molar-refractivity contribution in [2.45, 2.75) is 32.0 Å². The van der Waals surface area contributed by atoms with E-state index in [1.807, 2.05) is 13.8 Å². The topological polar surface area (TPSA) is 82.5 Å². The molecule has 1 aromatic rings. The standard InChI is InChI=1S/C11H21N3O4S/c1-5-17-11(18-6-2)7-12-19(15,16)10-8-14(4)13-9(10)3/h8,11-12H,5-7H2,1-4H3. The zero-order valence-electron chi connectivity index (χ0n) is 11.7. The average Bonchev–Trinajstić information content (AvgIpc) is 2.67. The van der Waals surface area contributed by atoms with E-state index in [9.17, 15) is 8.42 Å². The quantitative estimate of drug-likeness (QED) is 0.701. The Hall–Kier alpha value is -0.960. The van der Waals surface area contributed by atoms with Crippen LogP contribution in [0.1, 0.15) is 19.5 Å². The van der Waals surface area contributed by atoms with Crippen LogP contribution in [0, 0.1) is 6.92 Å². The van der Waals surface area contributed by atoms with Crippen LogP contribution >= 0.6 is 0 Å². The highest BCUT2D eigenvalue weighted by molar-refractivity contribution is 7.89. The molecule has 0 aliphatic carbocycles. The number of ether oxygens (including phenoxy) is 2. The number of nitrogens with one attached hydrogen (secondary N) is 1. The van der Waals surface area contributed by atoms with Crippen LogP contribution in [0.3, 0.4) is 0 Å². The Balaban J connectivity index is 2.72. The Morgan fingerprint density at radius 3 is 2.37 bits per heavy atom. The molecule has 0 atom stereocenters. The van der Waals surface area contributed by atoms with Crippen LogP contribution in [0.25, 0.3) is 0 Å². The molecular formula is C11H21N3O4S. The largest absolute Gasteiger partial charge is 0.352 e. The number of sulfonamides is 1. The minimum absolute atomic E-state index is 0.0678. The van der Waals surface area contributed by atoms with Crippen molar-refractivity contribution in [2.75, 3.05) is 19.8 Å². The predicted octanol–water partition coefficient (Wildman–Crippen LogP) is 0.406. The molecule has 0 saturated heterocycles. The first-order valence-corrected chi connectivity index (χ1v) is 7.62. The first-order valence-electron chi connectivity index (χ1n) is 6.13. The molecule has 0 radical (unpaired) electrons. The number of aromatic nitrogens is 2. The first kappa shape index (κ1) is 16.1. The van der Waals surface area contributed by atoms with Crippen molar-refractivity contribution in [3.05, 3.63) is 11.9 Å². The van der Waals surface area contributed by atoms with E-state index in [0.717, 1.165) is 0 Å². The molecule has 1 heterocycles. The summed E-state index contributed by atoms with van der Waals surface area (Å²) >= 11 is 0. The monoisotopic (exact) mass is 291 g/mol. The number of nitrogens with zero attached hydrogens (tertiary/aromatic N) is 2. The van der Waals surface area contributed by atoms with E-state index in [0.29, 0.717) is 18.9 Å². The summed E-state index contributed by atoms with van der Waals surface area (Å²) in [5.74, 6) is 0. The van der Waals surface area contributed by atoms with E-state index in [1.165, 1.54) is 10.9 Å². The van der Waals surface area contributed by atoms with Gasteiger partial charge >= 0.3 is 0 Å². The molecular weight excluding hydrogens is 270 g/mol. The smallest absolute Gasteiger partial charge is 0.244 e. The lowest BCUT2D eigenvalue weighted by atomic mass is 10.5. The van der Waals surface area contributed by atoms with Crippen LogP contribution in [-0.2, 0) is 26.5 Å². The molecule has 7 nitrogen and oxygen atoms in total. The summed E-state index contributed by atoms with van der Waals surface area (Å²) in [6.07, 6.45) is 0.885. The van der Waals surface area contributed by atoms with Crippen LogP contribution in [0.5, 0.6) is 0 Å². The van der Waals surface area contributed by atoms with Gasteiger partial charge in [0.25, 0.3) is 0 Å². The molecule has 1 rings (SSSR count). The second kappa shape index (κ2) is 6.99. The highest BCUT2D eigenvalue weighted by Crippen LogP contribution is 2.12. The van der Waals surface area contributed by atoms with Crippen molar-refractivity contribution in [1.29, 1.82) is 0 Å². The molecule has 0 aromatic carbocycles. The fourth-order valence-corrected chi connectivity index (χ4v) is 2.87. The van der Waals surface area contributed by atoms with Gasteiger partial charge in [-0.1, -0.05) is 0 Å². The molecule has 0 fully saturated rings. The van der Waals surface area contributed by atoms with Crippen LogP contribution in [0.15, 0.2) is 11.1 Å². The summed E-state index contributed by atoms with van der Waals surface area (Å²) in [5, 5.41) is 4.01. The van der Waals surface area contributed by atoms with Crippen molar-refractivity contribution in [3.8, 4) is 0 Å². The van der Waals surface area contributed by atoms with Gasteiger partial charge in [-0.2, -0.15) is 5.10 Å². The first-order chi connectivity index (χ1) is 8.90. The zero-order valence-corrected chi connectivity index (χ0v) is 12.5. The van der Waals surface area contributed by atoms with Gasteiger partial charge in [-0.05, 0) is 20.8 Å². The molecule has 1 aromatic heterocycles. The second-order valence-corrected chi connectivity index (χ2v) is 5.68. The summed E-state index contributed by atoms with van der Waals surface area (Å²) in [5.41, 5.74) is 0.458. The molecule has 8 heteroatoms. The van der Waals surface area contributed by atoms with Crippen molar-refractivity contribution < 1.29 is 17.9 Å². The van der Waals surface area contributed by atoms with E-state index >= 15 is 0 Å². The highest BCUT2D eigenvalue weighted by atomic mass is 32.2. The van der Waals surface area contributed by atoms with Gasteiger partial charge in [0.15, 0.2) is 6.29 Å². The molecule has 1 N–H and O–H groups in total. The maximum Gasteiger partial charge on any atom is 0.244 e. The van der Waals surface area contributed by atoms with E-state index in [2.05, 4.69) is 9.82 Å². The lowest BCUT2D eigenvalue weighted by Gasteiger charge is -2.17. The Morgan fingerprint density at radius 2 is 1.95 bits per heavy atom. The van der Waals surface area contributed by atoms with Gasteiger partial charge in [-0.3, -0.25) is 4.68 Å². The van der Waals surface area contributed by atoms with Gasteiger partial charge in [0.05, 0.1) is 12.2 Å². The lowest BCUT2D eigenvalue weighted by Crippen LogP contribution is -2.35. The molecule has 0 aliphatic heterocycles. The van der Waals surface area contributed by atoms with Crippen molar-refractivity contribution in [1.82, 2.24) is 14.5 Å². The summed E-state index contributed by atoms with van der Waals surface area (Å²) < 4.78 is 38.7. The lowest BCUT2D eigenvalue weighted by molar-refractivity contribution is -0.130. The second-order valence-electron chi connectivity index (χ2n) is 3.94. The van der Waals surface area contributed by atoms with E-state index < -0.39 is 16.3 Å². The van der Waals surface area contributed by atoms with Gasteiger partial charge in [0.1, 0.15) is 4.90 Å². The maximum atomic E-state index is 12.1. The number of hydrogen-bond donors (Lipinski definition) is 1. The third kappa shape index (κ3) is 4.57. The molecule has 110 valence electrons. The molecule has 0 saturated carbocycles. The van der Waals surface area contributed by atoms with Crippen LogP contribution in [-0.4, -0.2) is 44.2 Å². The third-order valence-corrected chi connectivity index (χ3v) is 3.93. The third-order valence-electron chi connectivity index (χ3n) is 2.40. The van der Waals surface area contributed by atoms with Crippen molar-refractivity contribution in [3.63, 3.8) is 0 Å². The van der Waals surface area contributed by atoms with Crippen molar-refractivity contribution in [2.24, 2.45) is 7.05 Å². The number of aryl methyl sites for hydroxylation is 2. The van der Waals surface area contributed by atoms with Gasteiger partial charge in [0.2, 0.25) is 10.0 Å². The summed E-state index contributed by atoms with van der Waals surface area (Å²) in [6.45, 7) is 6.28. The summed E-state index contributed by atoms with van der Waals surface area (Å²) in [6, 6.07) is 0. The molecule has 0 bridgehead atoms. The van der Waals surface area contributed by atoms with Crippen LogP contribution in [0.4, 0.5) is 0 Å². The summed E-state index contributed by atoms with van der Waals surface area (Å²) in [4.78, 5) is 0.168. The van der Waals surface area contributed by atoms with Gasteiger partial charge in [-0.15, -0.1) is 0 Å². The Morgan fingerprint density at radius 1 is 1.37 bits per heavy atom. The average molecular weight is 291 g/mol. The molecule has 0 amide bonds. The van der Waals surface area contributed by atoms with Gasteiger partial charge in [-0.25, -0.2) is 13.1 Å². The van der Waals surface area contributed by atoms with E-state index in [4.69, 9.17) is 9.47 Å². The Bertz CT molecular complexity index is 492. The minimum atomic E-state index is -3.60. The van der Waals surface area contributed by atoms with E-state index in [1.54, 1.807) is 14.0 Å².